The van der Waals surface area contributed by atoms with E-state index in [4.69, 9.17) is 10.5 Å². The van der Waals surface area contributed by atoms with Crippen LogP contribution in [-0.4, -0.2) is 55.7 Å². The molecular weight excluding hydrogens is 274 g/mol. The first-order valence-electron chi connectivity index (χ1n) is 8.69. The molecule has 1 heterocycles. The summed E-state index contributed by atoms with van der Waals surface area (Å²) >= 11 is 0. The molecule has 0 radical (unpaired) electrons. The fourth-order valence-electron chi connectivity index (χ4n) is 2.83. The van der Waals surface area contributed by atoms with Crippen molar-refractivity contribution in [2.24, 2.45) is 5.73 Å². The van der Waals surface area contributed by atoms with Crippen molar-refractivity contribution in [2.45, 2.75) is 32.7 Å². The largest absolute Gasteiger partial charge is 0.493 e. The molecule has 22 heavy (non-hydrogen) atoms. The van der Waals surface area contributed by atoms with E-state index in [-0.39, 0.29) is 0 Å². The van der Waals surface area contributed by atoms with Gasteiger partial charge in [0.2, 0.25) is 0 Å². The molecule has 0 saturated carbocycles. The fourth-order valence-corrected chi connectivity index (χ4v) is 2.83. The molecule has 1 aliphatic rings. The number of rotatable bonds is 9. The first-order chi connectivity index (χ1) is 10.8. The number of benzene rings is 1. The molecule has 1 saturated heterocycles. The molecule has 4 heteroatoms. The Morgan fingerprint density at radius 1 is 1.05 bits per heavy atom. The van der Waals surface area contributed by atoms with E-state index in [1.54, 1.807) is 0 Å². The molecule has 2 N–H and O–H groups in total. The summed E-state index contributed by atoms with van der Waals surface area (Å²) in [5, 5.41) is 0. The van der Waals surface area contributed by atoms with Gasteiger partial charge in [0.25, 0.3) is 0 Å². The third kappa shape index (κ3) is 5.59. The van der Waals surface area contributed by atoms with E-state index in [0.717, 1.165) is 71.0 Å². The van der Waals surface area contributed by atoms with Crippen LogP contribution in [0.3, 0.4) is 0 Å². The number of piperazine rings is 1. The van der Waals surface area contributed by atoms with E-state index in [2.05, 4.69) is 41.0 Å². The van der Waals surface area contributed by atoms with E-state index in [9.17, 15) is 0 Å². The Kier molecular flexibility index (Phi) is 7.71. The summed E-state index contributed by atoms with van der Waals surface area (Å²) in [7, 11) is 0. The van der Waals surface area contributed by atoms with Crippen molar-refractivity contribution < 1.29 is 4.74 Å². The molecule has 0 amide bonds. The lowest BCUT2D eigenvalue weighted by Gasteiger charge is -2.34. The second kappa shape index (κ2) is 9.82. The summed E-state index contributed by atoms with van der Waals surface area (Å²) in [6.45, 7) is 10.5. The molecule has 0 spiro atoms. The standard InChI is InChI=1S/C18H31N3O/c1-2-3-15-22-18-8-5-4-7-17(18)16-21-13-11-20(12-14-21)10-6-9-19/h4-5,7-8H,2-3,6,9-16,19H2,1H3. The van der Waals surface area contributed by atoms with Crippen LogP contribution in [0, 0.1) is 0 Å². The van der Waals surface area contributed by atoms with Crippen LogP contribution in [0.4, 0.5) is 0 Å². The van der Waals surface area contributed by atoms with E-state index in [1.807, 2.05) is 0 Å². The second-order valence-corrected chi connectivity index (χ2v) is 6.07. The smallest absolute Gasteiger partial charge is 0.123 e. The number of nitrogens with two attached hydrogens (primary N) is 1. The van der Waals surface area contributed by atoms with Crippen molar-refractivity contribution in [3.63, 3.8) is 0 Å². The number of unbranched alkanes of at least 4 members (excludes halogenated alkanes) is 1. The minimum atomic E-state index is 0.794. The molecule has 124 valence electrons. The minimum Gasteiger partial charge on any atom is -0.493 e. The highest BCUT2D eigenvalue weighted by Crippen LogP contribution is 2.21. The molecule has 0 atom stereocenters. The number of hydrogen-bond acceptors (Lipinski definition) is 4. The number of hydrogen-bond donors (Lipinski definition) is 1. The molecule has 0 bridgehead atoms. The minimum absolute atomic E-state index is 0.794. The highest BCUT2D eigenvalue weighted by molar-refractivity contribution is 5.33. The number of para-hydroxylation sites is 1. The van der Waals surface area contributed by atoms with Gasteiger partial charge in [-0.2, -0.15) is 0 Å². The summed E-state index contributed by atoms with van der Waals surface area (Å²) in [6, 6.07) is 8.47. The van der Waals surface area contributed by atoms with Gasteiger partial charge in [0, 0.05) is 38.3 Å². The molecule has 4 nitrogen and oxygen atoms in total. The SMILES string of the molecule is CCCCOc1ccccc1CN1CCN(CCCN)CC1. The molecular formula is C18H31N3O. The van der Waals surface area contributed by atoms with Gasteiger partial charge in [0.05, 0.1) is 6.61 Å². The molecule has 0 unspecified atom stereocenters. The Bertz CT molecular complexity index is 417. The van der Waals surface area contributed by atoms with Crippen molar-refractivity contribution >= 4 is 0 Å². The quantitative estimate of drug-likeness (QED) is 0.711. The predicted molar refractivity (Wildman–Crippen MR) is 92.2 cm³/mol. The topological polar surface area (TPSA) is 41.7 Å². The average molecular weight is 305 g/mol. The zero-order chi connectivity index (χ0) is 15.6. The summed E-state index contributed by atoms with van der Waals surface area (Å²) < 4.78 is 5.94. The van der Waals surface area contributed by atoms with Gasteiger partial charge in [-0.25, -0.2) is 0 Å². The first kappa shape index (κ1) is 17.3. The van der Waals surface area contributed by atoms with Crippen molar-refractivity contribution in [2.75, 3.05) is 45.9 Å². The van der Waals surface area contributed by atoms with Gasteiger partial charge in [-0.15, -0.1) is 0 Å². The van der Waals surface area contributed by atoms with E-state index >= 15 is 0 Å². The molecule has 2 rings (SSSR count). The van der Waals surface area contributed by atoms with E-state index in [0.29, 0.717) is 0 Å². The summed E-state index contributed by atoms with van der Waals surface area (Å²) in [5.41, 5.74) is 6.90. The van der Waals surface area contributed by atoms with Gasteiger partial charge in [-0.1, -0.05) is 31.5 Å². The van der Waals surface area contributed by atoms with Crippen molar-refractivity contribution in [1.29, 1.82) is 0 Å². The molecule has 0 aromatic heterocycles. The Morgan fingerprint density at radius 2 is 1.77 bits per heavy atom. The normalized spacial score (nSPS) is 16.8. The molecule has 1 aliphatic heterocycles. The maximum Gasteiger partial charge on any atom is 0.123 e. The van der Waals surface area contributed by atoms with Crippen LogP contribution in [0.25, 0.3) is 0 Å². The van der Waals surface area contributed by atoms with Crippen LogP contribution in [-0.2, 0) is 6.54 Å². The third-order valence-corrected chi connectivity index (χ3v) is 4.27. The van der Waals surface area contributed by atoms with E-state index < -0.39 is 0 Å². The molecule has 1 aromatic carbocycles. The van der Waals surface area contributed by atoms with Crippen LogP contribution in [0.2, 0.25) is 0 Å². The average Bonchev–Trinajstić information content (AvgIpc) is 2.56. The van der Waals surface area contributed by atoms with Gasteiger partial charge >= 0.3 is 0 Å². The lowest BCUT2D eigenvalue weighted by Crippen LogP contribution is -2.46. The zero-order valence-corrected chi connectivity index (χ0v) is 14.0. The van der Waals surface area contributed by atoms with Crippen LogP contribution in [0.1, 0.15) is 31.7 Å². The lowest BCUT2D eigenvalue weighted by atomic mass is 10.1. The van der Waals surface area contributed by atoms with Gasteiger partial charge in [0.1, 0.15) is 5.75 Å². The molecule has 1 fully saturated rings. The highest BCUT2D eigenvalue weighted by atomic mass is 16.5. The van der Waals surface area contributed by atoms with E-state index in [1.165, 1.54) is 12.0 Å². The Balaban J connectivity index is 1.81. The molecule has 0 aliphatic carbocycles. The lowest BCUT2D eigenvalue weighted by molar-refractivity contribution is 0.125. The first-order valence-corrected chi connectivity index (χ1v) is 8.69. The van der Waals surface area contributed by atoms with Crippen molar-refractivity contribution in [3.05, 3.63) is 29.8 Å². The number of nitrogens with zero attached hydrogens (tertiary/aromatic N) is 2. The maximum absolute atomic E-state index is 5.94. The second-order valence-electron chi connectivity index (χ2n) is 6.07. The van der Waals surface area contributed by atoms with Gasteiger partial charge in [-0.3, -0.25) is 4.90 Å². The predicted octanol–water partition coefficient (Wildman–Crippen LogP) is 2.33. The zero-order valence-electron chi connectivity index (χ0n) is 14.0. The summed E-state index contributed by atoms with van der Waals surface area (Å²) in [6.07, 6.45) is 3.40. The Morgan fingerprint density at radius 3 is 2.50 bits per heavy atom. The van der Waals surface area contributed by atoms with Crippen LogP contribution >= 0.6 is 0 Å². The van der Waals surface area contributed by atoms with Gasteiger partial charge in [0.15, 0.2) is 0 Å². The van der Waals surface area contributed by atoms with Gasteiger partial charge in [-0.05, 0) is 32.0 Å². The summed E-state index contributed by atoms with van der Waals surface area (Å²) in [5.74, 6) is 1.06. The highest BCUT2D eigenvalue weighted by Gasteiger charge is 2.17. The van der Waals surface area contributed by atoms with Gasteiger partial charge < -0.3 is 15.4 Å². The fraction of sp³-hybridized carbons (Fsp3) is 0.667. The van der Waals surface area contributed by atoms with Crippen molar-refractivity contribution in [1.82, 2.24) is 9.80 Å². The van der Waals surface area contributed by atoms with Crippen LogP contribution < -0.4 is 10.5 Å². The summed E-state index contributed by atoms with van der Waals surface area (Å²) in [4.78, 5) is 5.05. The molecule has 1 aromatic rings. The Hall–Kier alpha value is -1.10. The monoisotopic (exact) mass is 305 g/mol. The van der Waals surface area contributed by atoms with Crippen molar-refractivity contribution in [3.8, 4) is 5.75 Å². The third-order valence-electron chi connectivity index (χ3n) is 4.27. The van der Waals surface area contributed by atoms with Crippen LogP contribution in [0.5, 0.6) is 5.75 Å². The van der Waals surface area contributed by atoms with Crippen LogP contribution in [0.15, 0.2) is 24.3 Å². The maximum atomic E-state index is 5.94. The Labute approximate surface area is 135 Å². The number of ether oxygens (including phenoxy) is 1.